The zero-order chi connectivity index (χ0) is 16.5. The highest BCUT2D eigenvalue weighted by Gasteiger charge is 2.80. The Morgan fingerprint density at radius 3 is 2.50 bits per heavy atom. The average molecular weight is 359 g/mol. The fourth-order valence-corrected chi connectivity index (χ4v) is 4.92. The van der Waals surface area contributed by atoms with Gasteiger partial charge in [0.2, 0.25) is 0 Å². The predicted octanol–water partition coefficient (Wildman–Crippen LogP) is 5.61. The molecular formula is C20H13Cl2FO. The number of alkyl halides is 2. The molecule has 1 fully saturated rings. The van der Waals surface area contributed by atoms with Crippen LogP contribution in [0.5, 0.6) is 5.75 Å². The molecule has 1 aliphatic heterocycles. The van der Waals surface area contributed by atoms with Gasteiger partial charge in [-0.15, -0.1) is 0 Å². The van der Waals surface area contributed by atoms with Crippen LogP contribution in [0, 0.1) is 11.7 Å². The van der Waals surface area contributed by atoms with Gasteiger partial charge in [-0.3, -0.25) is 0 Å². The summed E-state index contributed by atoms with van der Waals surface area (Å²) in [5.74, 6) is 0.457. The Bertz CT molecular complexity index is 967. The molecule has 0 saturated heterocycles. The third-order valence-electron chi connectivity index (χ3n) is 5.29. The molecular weight excluding hydrogens is 346 g/mol. The van der Waals surface area contributed by atoms with Gasteiger partial charge in [-0.1, -0.05) is 65.7 Å². The fraction of sp³-hybridized carbons (Fsp3) is 0.200. The molecule has 0 amide bonds. The molecule has 1 heterocycles. The van der Waals surface area contributed by atoms with Crippen LogP contribution in [0.1, 0.15) is 11.1 Å². The number of hydrogen-bond donors (Lipinski definition) is 0. The largest absolute Gasteiger partial charge is 0.479 e. The second-order valence-corrected chi connectivity index (χ2v) is 7.87. The number of rotatable bonds is 1. The van der Waals surface area contributed by atoms with Crippen LogP contribution in [0.2, 0.25) is 0 Å². The van der Waals surface area contributed by atoms with Crippen molar-refractivity contribution in [3.05, 3.63) is 77.6 Å². The molecule has 3 aromatic carbocycles. The van der Waals surface area contributed by atoms with Crippen molar-refractivity contribution in [1.29, 1.82) is 0 Å². The van der Waals surface area contributed by atoms with Crippen molar-refractivity contribution in [3.8, 4) is 5.75 Å². The van der Waals surface area contributed by atoms with Crippen LogP contribution >= 0.6 is 23.2 Å². The molecule has 0 spiro atoms. The van der Waals surface area contributed by atoms with E-state index in [-0.39, 0.29) is 11.7 Å². The first-order valence-electron chi connectivity index (χ1n) is 7.87. The normalized spacial score (nSPS) is 26.4. The lowest BCUT2D eigenvalue weighted by Crippen LogP contribution is -2.27. The van der Waals surface area contributed by atoms with Crippen LogP contribution in [0.3, 0.4) is 0 Å². The molecule has 1 nitrogen and oxygen atoms in total. The van der Waals surface area contributed by atoms with Gasteiger partial charge in [-0.05, 0) is 41.0 Å². The maximum Gasteiger partial charge on any atom is 0.173 e. The van der Waals surface area contributed by atoms with E-state index in [2.05, 4.69) is 12.1 Å². The van der Waals surface area contributed by atoms with E-state index < -0.39 is 9.93 Å². The lowest BCUT2D eigenvalue weighted by atomic mass is 9.93. The molecule has 5 rings (SSSR count). The van der Waals surface area contributed by atoms with Crippen LogP contribution < -0.4 is 4.74 Å². The molecule has 0 N–H and O–H groups in total. The van der Waals surface area contributed by atoms with Crippen LogP contribution in [-0.4, -0.2) is 4.33 Å². The van der Waals surface area contributed by atoms with Crippen molar-refractivity contribution in [2.24, 2.45) is 5.92 Å². The average Bonchev–Trinajstić information content (AvgIpc) is 3.09. The summed E-state index contributed by atoms with van der Waals surface area (Å²) in [6, 6.07) is 18.5. The zero-order valence-corrected chi connectivity index (χ0v) is 14.1. The number of halogens is 3. The number of hydrogen-bond acceptors (Lipinski definition) is 1. The maximum absolute atomic E-state index is 13.3. The minimum Gasteiger partial charge on any atom is -0.479 e. The Hall–Kier alpha value is -1.77. The molecule has 1 saturated carbocycles. The minimum absolute atomic E-state index is 0.0582. The molecule has 0 bridgehead atoms. The Balaban J connectivity index is 1.68. The Morgan fingerprint density at radius 2 is 1.71 bits per heavy atom. The van der Waals surface area contributed by atoms with Crippen LogP contribution in [0.25, 0.3) is 10.8 Å². The zero-order valence-electron chi connectivity index (χ0n) is 12.6. The van der Waals surface area contributed by atoms with Crippen molar-refractivity contribution in [3.63, 3.8) is 0 Å². The van der Waals surface area contributed by atoms with Crippen molar-refractivity contribution in [2.75, 3.05) is 0 Å². The SMILES string of the molecule is Fc1ccc(C23Oc4ccc5ccccc5c4CC2C3(Cl)Cl)cc1. The van der Waals surface area contributed by atoms with Gasteiger partial charge < -0.3 is 4.74 Å². The van der Waals surface area contributed by atoms with Gasteiger partial charge in [0, 0.05) is 11.5 Å². The lowest BCUT2D eigenvalue weighted by molar-refractivity contribution is 0.144. The molecule has 4 heteroatoms. The number of benzene rings is 3. The smallest absolute Gasteiger partial charge is 0.173 e. The molecule has 2 aliphatic rings. The lowest BCUT2D eigenvalue weighted by Gasteiger charge is -2.27. The van der Waals surface area contributed by atoms with Gasteiger partial charge in [0.25, 0.3) is 0 Å². The highest BCUT2D eigenvalue weighted by Crippen LogP contribution is 2.73. The van der Waals surface area contributed by atoms with E-state index in [0.717, 1.165) is 23.3 Å². The summed E-state index contributed by atoms with van der Waals surface area (Å²) < 4.78 is 18.6. The van der Waals surface area contributed by atoms with Gasteiger partial charge in [0.05, 0.1) is 0 Å². The van der Waals surface area contributed by atoms with Gasteiger partial charge in [-0.2, -0.15) is 0 Å². The summed E-state index contributed by atoms with van der Waals surface area (Å²) in [5.41, 5.74) is 1.15. The van der Waals surface area contributed by atoms with Crippen LogP contribution in [0.4, 0.5) is 4.39 Å². The maximum atomic E-state index is 13.3. The monoisotopic (exact) mass is 358 g/mol. The minimum atomic E-state index is -1.02. The van der Waals surface area contributed by atoms with Crippen LogP contribution in [-0.2, 0) is 12.0 Å². The Labute approximate surface area is 149 Å². The summed E-state index contributed by atoms with van der Waals surface area (Å²) in [7, 11) is 0. The van der Waals surface area contributed by atoms with E-state index in [9.17, 15) is 4.39 Å². The van der Waals surface area contributed by atoms with Gasteiger partial charge >= 0.3 is 0 Å². The first-order chi connectivity index (χ1) is 11.5. The highest BCUT2D eigenvalue weighted by molar-refractivity contribution is 6.52. The Kier molecular flexibility index (Phi) is 2.82. The fourth-order valence-electron chi connectivity index (χ4n) is 4.01. The number of fused-ring (bicyclic) bond motifs is 4. The van der Waals surface area contributed by atoms with Crippen molar-refractivity contribution < 1.29 is 9.13 Å². The molecule has 0 aromatic heterocycles. The molecule has 2 atom stereocenters. The third-order valence-corrected chi connectivity index (χ3v) is 6.38. The van der Waals surface area contributed by atoms with Crippen molar-refractivity contribution in [1.82, 2.24) is 0 Å². The second-order valence-electron chi connectivity index (χ2n) is 6.49. The summed E-state index contributed by atoms with van der Waals surface area (Å²) in [4.78, 5) is 0. The predicted molar refractivity (Wildman–Crippen MR) is 94.3 cm³/mol. The molecule has 3 aromatic rings. The van der Waals surface area contributed by atoms with E-state index in [1.807, 2.05) is 24.3 Å². The molecule has 2 unspecified atom stereocenters. The molecule has 24 heavy (non-hydrogen) atoms. The van der Waals surface area contributed by atoms with Gasteiger partial charge in [0.1, 0.15) is 11.6 Å². The number of ether oxygens (including phenoxy) is 1. The van der Waals surface area contributed by atoms with Crippen molar-refractivity contribution in [2.45, 2.75) is 16.4 Å². The van der Waals surface area contributed by atoms with E-state index >= 15 is 0 Å². The first kappa shape index (κ1) is 14.6. The highest BCUT2D eigenvalue weighted by atomic mass is 35.5. The molecule has 0 radical (unpaired) electrons. The topological polar surface area (TPSA) is 9.23 Å². The summed E-state index contributed by atoms with van der Waals surface area (Å²) in [6.45, 7) is 0. The molecule has 120 valence electrons. The Morgan fingerprint density at radius 1 is 0.958 bits per heavy atom. The quantitative estimate of drug-likeness (QED) is 0.513. The molecule has 1 aliphatic carbocycles. The summed E-state index contributed by atoms with van der Waals surface area (Å²) in [5, 5.41) is 2.34. The standard InChI is InChI=1S/C20H13Cl2FO/c21-20(22)18-11-16-15-4-2-1-3-12(15)5-10-17(16)24-19(18,20)13-6-8-14(23)9-7-13/h1-10,18H,11H2. The van der Waals surface area contributed by atoms with Gasteiger partial charge in [0.15, 0.2) is 9.93 Å². The summed E-state index contributed by atoms with van der Waals surface area (Å²) >= 11 is 13.3. The van der Waals surface area contributed by atoms with E-state index in [1.165, 1.54) is 22.9 Å². The van der Waals surface area contributed by atoms with E-state index in [1.54, 1.807) is 12.1 Å². The summed E-state index contributed by atoms with van der Waals surface area (Å²) in [6.07, 6.45) is 0.737. The van der Waals surface area contributed by atoms with Gasteiger partial charge in [-0.25, -0.2) is 4.39 Å². The van der Waals surface area contributed by atoms with E-state index in [0.29, 0.717) is 0 Å². The third kappa shape index (κ3) is 1.71. The van der Waals surface area contributed by atoms with E-state index in [4.69, 9.17) is 27.9 Å². The second kappa shape index (κ2) is 4.65. The first-order valence-corrected chi connectivity index (χ1v) is 8.63. The van der Waals surface area contributed by atoms with Crippen molar-refractivity contribution >= 4 is 34.0 Å². The van der Waals surface area contributed by atoms with Crippen LogP contribution in [0.15, 0.2) is 60.7 Å².